The molecule has 1 unspecified atom stereocenters. The first-order valence-corrected chi connectivity index (χ1v) is 7.92. The second-order valence-electron chi connectivity index (χ2n) is 5.47. The molecule has 0 radical (unpaired) electrons. The SMILES string of the molecule is CCOc1ccccc1CCNC(=O)C(N)c1ccc(C)cc1. The van der Waals surface area contributed by atoms with Crippen LogP contribution in [0.3, 0.4) is 0 Å². The molecule has 4 heteroatoms. The highest BCUT2D eigenvalue weighted by atomic mass is 16.5. The zero-order valence-electron chi connectivity index (χ0n) is 13.7. The summed E-state index contributed by atoms with van der Waals surface area (Å²) in [4.78, 5) is 12.2. The second-order valence-corrected chi connectivity index (χ2v) is 5.47. The van der Waals surface area contributed by atoms with Gasteiger partial charge in [0.05, 0.1) is 6.61 Å². The molecule has 0 bridgehead atoms. The summed E-state index contributed by atoms with van der Waals surface area (Å²) in [7, 11) is 0. The molecule has 0 aliphatic carbocycles. The molecular weight excluding hydrogens is 288 g/mol. The number of rotatable bonds is 7. The lowest BCUT2D eigenvalue weighted by molar-refractivity contribution is -0.122. The molecule has 4 nitrogen and oxygen atoms in total. The van der Waals surface area contributed by atoms with E-state index in [0.29, 0.717) is 19.6 Å². The fourth-order valence-corrected chi connectivity index (χ4v) is 2.36. The minimum absolute atomic E-state index is 0.164. The summed E-state index contributed by atoms with van der Waals surface area (Å²) in [5.74, 6) is 0.704. The third-order valence-electron chi connectivity index (χ3n) is 3.68. The summed E-state index contributed by atoms with van der Waals surface area (Å²) in [6, 6.07) is 14.9. The lowest BCUT2D eigenvalue weighted by Crippen LogP contribution is -2.35. The second kappa shape index (κ2) is 8.34. The average molecular weight is 312 g/mol. The summed E-state index contributed by atoms with van der Waals surface area (Å²) < 4.78 is 5.59. The van der Waals surface area contributed by atoms with Crippen molar-refractivity contribution < 1.29 is 9.53 Å². The van der Waals surface area contributed by atoms with Crippen molar-refractivity contribution in [2.75, 3.05) is 13.2 Å². The van der Waals surface area contributed by atoms with E-state index >= 15 is 0 Å². The van der Waals surface area contributed by atoms with E-state index in [0.717, 1.165) is 22.4 Å². The smallest absolute Gasteiger partial charge is 0.241 e. The van der Waals surface area contributed by atoms with Gasteiger partial charge in [0.2, 0.25) is 5.91 Å². The molecule has 0 aliphatic heterocycles. The standard InChI is InChI=1S/C19H24N2O2/c1-3-23-17-7-5-4-6-15(17)12-13-21-19(22)18(20)16-10-8-14(2)9-11-16/h4-11,18H,3,12-13,20H2,1-2H3,(H,21,22). The number of para-hydroxylation sites is 1. The molecule has 0 heterocycles. The van der Waals surface area contributed by atoms with Gasteiger partial charge in [0.15, 0.2) is 0 Å². The van der Waals surface area contributed by atoms with Crippen LogP contribution in [0.2, 0.25) is 0 Å². The van der Waals surface area contributed by atoms with Crippen molar-refractivity contribution in [2.24, 2.45) is 5.73 Å². The van der Waals surface area contributed by atoms with Crippen LogP contribution in [-0.2, 0) is 11.2 Å². The van der Waals surface area contributed by atoms with Crippen molar-refractivity contribution in [1.82, 2.24) is 5.32 Å². The van der Waals surface area contributed by atoms with E-state index in [2.05, 4.69) is 5.32 Å². The maximum Gasteiger partial charge on any atom is 0.241 e. The van der Waals surface area contributed by atoms with E-state index in [-0.39, 0.29) is 5.91 Å². The van der Waals surface area contributed by atoms with E-state index in [9.17, 15) is 4.79 Å². The van der Waals surface area contributed by atoms with Gasteiger partial charge in [-0.25, -0.2) is 0 Å². The fraction of sp³-hybridized carbons (Fsp3) is 0.316. The molecule has 2 aromatic rings. The minimum atomic E-state index is -0.641. The van der Waals surface area contributed by atoms with Crippen molar-refractivity contribution in [3.8, 4) is 5.75 Å². The molecule has 2 rings (SSSR count). The molecule has 2 aromatic carbocycles. The first kappa shape index (κ1) is 17.0. The Bertz CT molecular complexity index is 638. The summed E-state index contributed by atoms with van der Waals surface area (Å²) >= 11 is 0. The Morgan fingerprint density at radius 3 is 2.57 bits per heavy atom. The van der Waals surface area contributed by atoms with Crippen molar-refractivity contribution >= 4 is 5.91 Å². The van der Waals surface area contributed by atoms with Gasteiger partial charge in [0, 0.05) is 6.54 Å². The summed E-state index contributed by atoms with van der Waals surface area (Å²) in [6.45, 7) is 5.12. The molecule has 3 N–H and O–H groups in total. The van der Waals surface area contributed by atoms with Gasteiger partial charge in [0.1, 0.15) is 11.8 Å². The largest absolute Gasteiger partial charge is 0.494 e. The number of carbonyl (C=O) groups is 1. The lowest BCUT2D eigenvalue weighted by atomic mass is 10.1. The highest BCUT2D eigenvalue weighted by Crippen LogP contribution is 2.18. The molecule has 23 heavy (non-hydrogen) atoms. The molecule has 0 saturated heterocycles. The number of ether oxygens (including phenoxy) is 1. The molecule has 0 aromatic heterocycles. The van der Waals surface area contributed by atoms with Crippen LogP contribution >= 0.6 is 0 Å². The molecule has 0 spiro atoms. The Kier molecular flexibility index (Phi) is 6.18. The Hall–Kier alpha value is -2.33. The van der Waals surface area contributed by atoms with Gasteiger partial charge in [-0.3, -0.25) is 4.79 Å². The lowest BCUT2D eigenvalue weighted by Gasteiger charge is -2.14. The van der Waals surface area contributed by atoms with E-state index in [4.69, 9.17) is 10.5 Å². The highest BCUT2D eigenvalue weighted by molar-refractivity contribution is 5.82. The van der Waals surface area contributed by atoms with E-state index in [1.54, 1.807) is 0 Å². The van der Waals surface area contributed by atoms with Gasteiger partial charge in [-0.1, -0.05) is 48.0 Å². The van der Waals surface area contributed by atoms with Crippen molar-refractivity contribution in [2.45, 2.75) is 26.3 Å². The van der Waals surface area contributed by atoms with E-state index in [1.165, 1.54) is 0 Å². The van der Waals surface area contributed by atoms with E-state index in [1.807, 2.05) is 62.4 Å². The molecule has 0 aliphatic rings. The number of nitrogens with two attached hydrogens (primary N) is 1. The van der Waals surface area contributed by atoms with Crippen molar-refractivity contribution in [1.29, 1.82) is 0 Å². The van der Waals surface area contributed by atoms with Crippen LogP contribution in [0.15, 0.2) is 48.5 Å². The first-order chi connectivity index (χ1) is 11.1. The number of nitrogens with one attached hydrogen (secondary N) is 1. The molecule has 122 valence electrons. The predicted molar refractivity (Wildman–Crippen MR) is 92.4 cm³/mol. The molecule has 1 amide bonds. The summed E-state index contributed by atoms with van der Waals surface area (Å²) in [5, 5.41) is 2.89. The van der Waals surface area contributed by atoms with Gasteiger partial charge >= 0.3 is 0 Å². The van der Waals surface area contributed by atoms with Crippen LogP contribution in [0.5, 0.6) is 5.75 Å². The minimum Gasteiger partial charge on any atom is -0.494 e. The van der Waals surface area contributed by atoms with Crippen LogP contribution in [-0.4, -0.2) is 19.1 Å². The zero-order valence-corrected chi connectivity index (χ0v) is 13.7. The predicted octanol–water partition coefficient (Wildman–Crippen LogP) is 2.75. The molecule has 0 saturated carbocycles. The van der Waals surface area contributed by atoms with Crippen LogP contribution < -0.4 is 15.8 Å². The Labute approximate surface area is 137 Å². The molecular formula is C19H24N2O2. The van der Waals surface area contributed by atoms with E-state index < -0.39 is 6.04 Å². The van der Waals surface area contributed by atoms with Crippen LogP contribution in [0, 0.1) is 6.92 Å². The summed E-state index contributed by atoms with van der Waals surface area (Å²) in [6.07, 6.45) is 0.711. The van der Waals surface area contributed by atoms with Crippen LogP contribution in [0.4, 0.5) is 0 Å². The first-order valence-electron chi connectivity index (χ1n) is 7.92. The van der Waals surface area contributed by atoms with Crippen molar-refractivity contribution in [3.05, 3.63) is 65.2 Å². The van der Waals surface area contributed by atoms with Gasteiger partial charge < -0.3 is 15.8 Å². The number of hydrogen-bond donors (Lipinski definition) is 2. The topological polar surface area (TPSA) is 64.3 Å². The van der Waals surface area contributed by atoms with Gasteiger partial charge in [0.25, 0.3) is 0 Å². The number of amides is 1. The Morgan fingerprint density at radius 1 is 1.17 bits per heavy atom. The van der Waals surface area contributed by atoms with Gasteiger partial charge in [-0.2, -0.15) is 0 Å². The fourth-order valence-electron chi connectivity index (χ4n) is 2.36. The van der Waals surface area contributed by atoms with Gasteiger partial charge in [-0.05, 0) is 37.5 Å². The van der Waals surface area contributed by atoms with Crippen LogP contribution in [0.25, 0.3) is 0 Å². The maximum absolute atomic E-state index is 12.2. The third-order valence-corrected chi connectivity index (χ3v) is 3.68. The molecule has 0 fully saturated rings. The number of carbonyl (C=O) groups excluding carboxylic acids is 1. The highest BCUT2D eigenvalue weighted by Gasteiger charge is 2.15. The quantitative estimate of drug-likeness (QED) is 0.826. The van der Waals surface area contributed by atoms with Crippen LogP contribution in [0.1, 0.15) is 29.7 Å². The number of benzene rings is 2. The van der Waals surface area contributed by atoms with Gasteiger partial charge in [-0.15, -0.1) is 0 Å². The third kappa shape index (κ3) is 4.83. The number of hydrogen-bond acceptors (Lipinski definition) is 3. The van der Waals surface area contributed by atoms with Crippen molar-refractivity contribution in [3.63, 3.8) is 0 Å². The average Bonchev–Trinajstić information content (AvgIpc) is 2.56. The normalized spacial score (nSPS) is 11.8. The molecule has 1 atom stereocenters. The Morgan fingerprint density at radius 2 is 1.87 bits per heavy atom. The monoisotopic (exact) mass is 312 g/mol. The number of aryl methyl sites for hydroxylation is 1. The Balaban J connectivity index is 1.88. The summed E-state index contributed by atoms with van der Waals surface area (Å²) in [5.41, 5.74) is 9.06. The zero-order chi connectivity index (χ0) is 16.7. The maximum atomic E-state index is 12.2.